The first-order valence-electron chi connectivity index (χ1n) is 10.9. The zero-order valence-corrected chi connectivity index (χ0v) is 20.7. The topological polar surface area (TPSA) is 77.3 Å². The maximum atomic E-state index is 15.9. The number of aromatic nitrogens is 3. The number of halogens is 3. The number of methoxy groups -OCH3 is 1. The number of ketones is 1. The van der Waals surface area contributed by atoms with Gasteiger partial charge in [-0.05, 0) is 42.5 Å². The van der Waals surface area contributed by atoms with E-state index < -0.39 is 23.2 Å². The summed E-state index contributed by atoms with van der Waals surface area (Å²) in [6.07, 6.45) is 3.07. The number of hydrogen-bond acceptors (Lipinski definition) is 5. The van der Waals surface area contributed by atoms with E-state index in [1.54, 1.807) is 49.6 Å². The van der Waals surface area contributed by atoms with E-state index in [1.165, 1.54) is 35.0 Å². The smallest absolute Gasteiger partial charge is 0.257 e. The van der Waals surface area contributed by atoms with Gasteiger partial charge in [-0.25, -0.2) is 4.39 Å². The van der Waals surface area contributed by atoms with E-state index in [0.717, 1.165) is 6.07 Å². The molecule has 4 aromatic rings. The third-order valence-electron chi connectivity index (χ3n) is 6.13. The van der Waals surface area contributed by atoms with Crippen molar-refractivity contribution in [1.82, 2.24) is 19.7 Å². The van der Waals surface area contributed by atoms with Crippen molar-refractivity contribution in [2.75, 3.05) is 7.11 Å². The summed E-state index contributed by atoms with van der Waals surface area (Å²) in [5.41, 5.74) is -0.469. The summed E-state index contributed by atoms with van der Waals surface area (Å²) in [5, 5.41) is 5.01. The SMILES string of the molecule is CO[C@]1(c2ccc(Cl)cc2)c2c(F)cc(C(=O)c3ccn(C)n3)cc2C(=O)N1Cc1ccc(Cl)cn1. The van der Waals surface area contributed by atoms with Crippen molar-refractivity contribution in [3.05, 3.63) is 116 Å². The standard InChI is InChI=1S/C26H19Cl2FN4O3/c1-32-10-9-22(31-32)24(34)15-11-20-23(21(29)12-15)26(36-2,16-3-5-17(27)6-4-16)33(25(20)35)14-19-8-7-18(28)13-30-19/h3-13H,14H2,1-2H3/t26-/m1/s1. The highest BCUT2D eigenvalue weighted by atomic mass is 35.5. The van der Waals surface area contributed by atoms with E-state index in [2.05, 4.69) is 10.1 Å². The first kappa shape index (κ1) is 24.1. The van der Waals surface area contributed by atoms with Gasteiger partial charge < -0.3 is 4.74 Å². The monoisotopic (exact) mass is 524 g/mol. The Kier molecular flexibility index (Phi) is 6.12. The fourth-order valence-corrected chi connectivity index (χ4v) is 4.75. The van der Waals surface area contributed by atoms with Crippen LogP contribution in [0, 0.1) is 5.82 Å². The number of rotatable bonds is 6. The predicted octanol–water partition coefficient (Wildman–Crippen LogP) is 5.00. The average molecular weight is 525 g/mol. The second-order valence-corrected chi connectivity index (χ2v) is 9.17. The lowest BCUT2D eigenvalue weighted by Crippen LogP contribution is -2.46. The highest BCUT2D eigenvalue weighted by Crippen LogP contribution is 2.47. The lowest BCUT2D eigenvalue weighted by atomic mass is 9.91. The van der Waals surface area contributed by atoms with Gasteiger partial charge in [-0.1, -0.05) is 35.3 Å². The van der Waals surface area contributed by atoms with E-state index in [-0.39, 0.29) is 28.9 Å². The van der Waals surface area contributed by atoms with Gasteiger partial charge in [-0.15, -0.1) is 0 Å². The highest BCUT2D eigenvalue weighted by Gasteiger charge is 2.54. The predicted molar refractivity (Wildman–Crippen MR) is 131 cm³/mol. The molecule has 2 aromatic carbocycles. The Balaban J connectivity index is 1.70. The molecule has 0 N–H and O–H groups in total. The molecule has 0 spiro atoms. The summed E-state index contributed by atoms with van der Waals surface area (Å²) in [4.78, 5) is 32.5. The van der Waals surface area contributed by atoms with Gasteiger partial charge in [0.25, 0.3) is 5.91 Å². The second kappa shape index (κ2) is 9.13. The maximum Gasteiger partial charge on any atom is 0.257 e. The van der Waals surface area contributed by atoms with Crippen molar-refractivity contribution in [2.24, 2.45) is 7.05 Å². The molecule has 36 heavy (non-hydrogen) atoms. The van der Waals surface area contributed by atoms with Crippen LogP contribution in [-0.4, -0.2) is 38.5 Å². The highest BCUT2D eigenvalue weighted by molar-refractivity contribution is 6.30. The zero-order chi connectivity index (χ0) is 25.6. The van der Waals surface area contributed by atoms with Gasteiger partial charge in [0.2, 0.25) is 5.78 Å². The molecular weight excluding hydrogens is 506 g/mol. The minimum absolute atomic E-state index is 0.00357. The third kappa shape index (κ3) is 3.87. The van der Waals surface area contributed by atoms with Gasteiger partial charge in [0.05, 0.1) is 28.4 Å². The molecule has 2 aromatic heterocycles. The van der Waals surface area contributed by atoms with Crippen LogP contribution in [0.4, 0.5) is 4.39 Å². The Morgan fingerprint density at radius 1 is 1.08 bits per heavy atom. The van der Waals surface area contributed by atoms with Crippen molar-refractivity contribution in [3.63, 3.8) is 0 Å². The molecule has 1 amide bonds. The minimum atomic E-state index is -1.63. The van der Waals surface area contributed by atoms with Crippen molar-refractivity contribution < 1.29 is 18.7 Å². The van der Waals surface area contributed by atoms with Crippen LogP contribution in [0.5, 0.6) is 0 Å². The molecule has 0 bridgehead atoms. The van der Waals surface area contributed by atoms with Crippen molar-refractivity contribution >= 4 is 34.9 Å². The molecule has 182 valence electrons. The summed E-state index contributed by atoms with van der Waals surface area (Å²) in [6, 6.07) is 14.0. The third-order valence-corrected chi connectivity index (χ3v) is 6.61. The number of hydrogen-bond donors (Lipinski definition) is 0. The number of ether oxygens (including phenoxy) is 1. The first-order chi connectivity index (χ1) is 17.2. The van der Waals surface area contributed by atoms with Gasteiger partial charge in [0.1, 0.15) is 11.5 Å². The van der Waals surface area contributed by atoms with E-state index in [4.69, 9.17) is 27.9 Å². The molecular formula is C26H19Cl2FN4O3. The zero-order valence-electron chi connectivity index (χ0n) is 19.2. The Morgan fingerprint density at radius 2 is 1.81 bits per heavy atom. The normalized spacial score (nSPS) is 16.9. The number of amides is 1. The summed E-state index contributed by atoms with van der Waals surface area (Å²) >= 11 is 12.1. The van der Waals surface area contributed by atoms with Crippen LogP contribution >= 0.6 is 23.2 Å². The minimum Gasteiger partial charge on any atom is -0.350 e. The van der Waals surface area contributed by atoms with Gasteiger partial charge in [-0.3, -0.25) is 24.2 Å². The molecule has 7 nitrogen and oxygen atoms in total. The lowest BCUT2D eigenvalue weighted by Gasteiger charge is -2.38. The molecule has 3 heterocycles. The average Bonchev–Trinajstić information content (AvgIpc) is 3.41. The van der Waals surface area contributed by atoms with Crippen molar-refractivity contribution in [3.8, 4) is 0 Å². The number of benzene rings is 2. The molecule has 0 fully saturated rings. The lowest BCUT2D eigenvalue weighted by molar-refractivity contribution is -0.0885. The molecule has 5 rings (SSSR count). The number of nitrogens with zero attached hydrogens (tertiary/aromatic N) is 4. The molecule has 0 unspecified atom stereocenters. The Hall–Kier alpha value is -3.59. The van der Waals surface area contributed by atoms with Gasteiger partial charge in [0.15, 0.2) is 5.72 Å². The number of pyridine rings is 1. The fourth-order valence-electron chi connectivity index (χ4n) is 4.51. The number of carbonyl (C=O) groups excluding carboxylic acids is 2. The van der Waals surface area contributed by atoms with Gasteiger partial charge in [0, 0.05) is 42.7 Å². The second-order valence-electron chi connectivity index (χ2n) is 8.30. The van der Waals surface area contributed by atoms with E-state index in [0.29, 0.717) is 21.3 Å². The van der Waals surface area contributed by atoms with Crippen LogP contribution < -0.4 is 0 Å². The number of fused-ring (bicyclic) bond motifs is 1. The first-order valence-corrected chi connectivity index (χ1v) is 11.6. The summed E-state index contributed by atoms with van der Waals surface area (Å²) in [7, 11) is 3.07. The van der Waals surface area contributed by atoms with Crippen LogP contribution in [0.1, 0.15) is 43.2 Å². The molecule has 0 saturated heterocycles. The van der Waals surface area contributed by atoms with Crippen LogP contribution in [0.2, 0.25) is 10.0 Å². The summed E-state index contributed by atoms with van der Waals surface area (Å²) in [6.45, 7) is -0.00981. The molecule has 0 saturated carbocycles. The van der Waals surface area contributed by atoms with E-state index >= 15 is 4.39 Å². The van der Waals surface area contributed by atoms with Gasteiger partial charge in [-0.2, -0.15) is 5.10 Å². The molecule has 1 atom stereocenters. The van der Waals surface area contributed by atoms with E-state index in [1.807, 2.05) is 0 Å². The largest absolute Gasteiger partial charge is 0.350 e. The summed E-state index contributed by atoms with van der Waals surface area (Å²) < 4.78 is 23.4. The number of aryl methyl sites for hydroxylation is 1. The van der Waals surface area contributed by atoms with Gasteiger partial charge >= 0.3 is 0 Å². The van der Waals surface area contributed by atoms with Crippen molar-refractivity contribution in [1.29, 1.82) is 0 Å². The maximum absolute atomic E-state index is 15.9. The van der Waals surface area contributed by atoms with Crippen LogP contribution in [-0.2, 0) is 24.1 Å². The van der Waals surface area contributed by atoms with E-state index in [9.17, 15) is 9.59 Å². The molecule has 1 aliphatic heterocycles. The van der Waals surface area contributed by atoms with Crippen LogP contribution in [0.25, 0.3) is 0 Å². The summed E-state index contributed by atoms with van der Waals surface area (Å²) in [5.74, 6) is -1.78. The number of carbonyl (C=O) groups is 2. The van der Waals surface area contributed by atoms with Crippen LogP contribution in [0.3, 0.4) is 0 Å². The molecule has 10 heteroatoms. The Morgan fingerprint density at radius 3 is 2.42 bits per heavy atom. The van der Waals surface area contributed by atoms with Crippen LogP contribution in [0.15, 0.2) is 67.0 Å². The molecule has 0 radical (unpaired) electrons. The Labute approximate surface area is 216 Å². The van der Waals surface area contributed by atoms with Crippen molar-refractivity contribution in [2.45, 2.75) is 12.3 Å². The molecule has 1 aliphatic rings. The fraction of sp³-hybridized carbons (Fsp3) is 0.154. The Bertz CT molecular complexity index is 1490. The molecule has 0 aliphatic carbocycles. The quantitative estimate of drug-likeness (QED) is 0.332.